The maximum atomic E-state index is 13.0. The molecule has 0 atom stereocenters. The largest absolute Gasteiger partial charge is 0.477 e. The number of sulfonamides is 1. The lowest BCUT2D eigenvalue weighted by atomic mass is 10.1. The smallest absolute Gasteiger partial charge is 0.354 e. The number of rotatable bonds is 4. The van der Waals surface area contributed by atoms with Gasteiger partial charge in [0.25, 0.3) is 0 Å². The molecule has 8 heteroatoms. The number of hydrogen-bond donors (Lipinski definition) is 1. The molecule has 0 saturated carbocycles. The standard InChI is InChI=1S/C17H15FN2O4S/c18-13-4-6-14(7-5-13)25(23,24)20-10-8-12(9-11-20)15-2-1-3-16(19-15)17(21)22/h1-8H,9-11H2,(H,21,22). The van der Waals surface area contributed by atoms with Crippen LogP contribution in [0.4, 0.5) is 4.39 Å². The van der Waals surface area contributed by atoms with Crippen LogP contribution in [0.3, 0.4) is 0 Å². The van der Waals surface area contributed by atoms with Gasteiger partial charge in [-0.15, -0.1) is 0 Å². The highest BCUT2D eigenvalue weighted by Gasteiger charge is 2.26. The Morgan fingerprint density at radius 2 is 1.88 bits per heavy atom. The van der Waals surface area contributed by atoms with Crippen LogP contribution in [0, 0.1) is 5.82 Å². The first-order valence-electron chi connectivity index (χ1n) is 7.53. The quantitative estimate of drug-likeness (QED) is 0.902. The lowest BCUT2D eigenvalue weighted by molar-refractivity contribution is 0.0690. The molecule has 2 aromatic rings. The fourth-order valence-corrected chi connectivity index (χ4v) is 3.97. The maximum absolute atomic E-state index is 13.0. The molecule has 130 valence electrons. The highest BCUT2D eigenvalue weighted by Crippen LogP contribution is 2.25. The van der Waals surface area contributed by atoms with Gasteiger partial charge in [-0.25, -0.2) is 22.6 Å². The fourth-order valence-electron chi connectivity index (χ4n) is 2.59. The molecule has 1 aliphatic heterocycles. The topological polar surface area (TPSA) is 87.6 Å². The van der Waals surface area contributed by atoms with Crippen molar-refractivity contribution in [2.45, 2.75) is 11.3 Å². The highest BCUT2D eigenvalue weighted by atomic mass is 32.2. The van der Waals surface area contributed by atoms with Crippen LogP contribution in [0.25, 0.3) is 5.57 Å². The van der Waals surface area contributed by atoms with Crippen molar-refractivity contribution in [3.63, 3.8) is 0 Å². The van der Waals surface area contributed by atoms with Crippen molar-refractivity contribution < 1.29 is 22.7 Å². The molecule has 0 radical (unpaired) electrons. The van der Waals surface area contributed by atoms with Crippen LogP contribution in [-0.4, -0.2) is 41.9 Å². The summed E-state index contributed by atoms with van der Waals surface area (Å²) >= 11 is 0. The Kier molecular flexibility index (Phi) is 4.65. The van der Waals surface area contributed by atoms with E-state index in [0.717, 1.165) is 17.7 Å². The lowest BCUT2D eigenvalue weighted by Crippen LogP contribution is -2.34. The summed E-state index contributed by atoms with van der Waals surface area (Å²) in [6.45, 7) is 0.387. The van der Waals surface area contributed by atoms with E-state index in [1.54, 1.807) is 18.2 Å². The SMILES string of the molecule is O=C(O)c1cccc(C2=CCN(S(=O)(=O)c3ccc(F)cc3)CC2)n1. The fraction of sp³-hybridized carbons (Fsp3) is 0.176. The molecule has 2 heterocycles. The summed E-state index contributed by atoms with van der Waals surface area (Å²) in [5.74, 6) is -1.61. The van der Waals surface area contributed by atoms with Gasteiger partial charge < -0.3 is 5.11 Å². The first kappa shape index (κ1) is 17.2. The van der Waals surface area contributed by atoms with E-state index in [1.165, 1.54) is 22.5 Å². The van der Waals surface area contributed by atoms with Crippen LogP contribution in [0.15, 0.2) is 53.4 Å². The van der Waals surface area contributed by atoms with Crippen molar-refractivity contribution in [1.29, 1.82) is 0 Å². The van der Waals surface area contributed by atoms with Gasteiger partial charge in [-0.05, 0) is 48.4 Å². The monoisotopic (exact) mass is 362 g/mol. The van der Waals surface area contributed by atoms with Gasteiger partial charge in [-0.2, -0.15) is 4.31 Å². The van der Waals surface area contributed by atoms with E-state index in [0.29, 0.717) is 12.1 Å². The molecule has 1 aromatic carbocycles. The number of pyridine rings is 1. The molecule has 1 aromatic heterocycles. The summed E-state index contributed by atoms with van der Waals surface area (Å²) in [6.07, 6.45) is 2.13. The second kappa shape index (κ2) is 6.73. The molecule has 1 N–H and O–H groups in total. The van der Waals surface area contributed by atoms with E-state index in [1.807, 2.05) is 0 Å². The zero-order valence-electron chi connectivity index (χ0n) is 13.1. The highest BCUT2D eigenvalue weighted by molar-refractivity contribution is 7.89. The zero-order valence-corrected chi connectivity index (χ0v) is 13.9. The molecule has 0 unspecified atom stereocenters. The molecule has 0 saturated heterocycles. The Morgan fingerprint density at radius 3 is 2.48 bits per heavy atom. The summed E-state index contributed by atoms with van der Waals surface area (Å²) in [4.78, 5) is 15.1. The van der Waals surface area contributed by atoms with E-state index in [4.69, 9.17) is 5.11 Å². The second-order valence-corrected chi connectivity index (χ2v) is 7.45. The molecule has 6 nitrogen and oxygen atoms in total. The molecule has 0 bridgehead atoms. The van der Waals surface area contributed by atoms with Gasteiger partial charge >= 0.3 is 5.97 Å². The van der Waals surface area contributed by atoms with Crippen LogP contribution in [-0.2, 0) is 10.0 Å². The minimum atomic E-state index is -3.70. The van der Waals surface area contributed by atoms with Crippen molar-refractivity contribution in [2.24, 2.45) is 0 Å². The summed E-state index contributed by atoms with van der Waals surface area (Å²) in [5, 5.41) is 9.01. The third-order valence-electron chi connectivity index (χ3n) is 3.92. The average molecular weight is 362 g/mol. The molecule has 1 aliphatic rings. The third kappa shape index (κ3) is 3.59. The van der Waals surface area contributed by atoms with Crippen molar-refractivity contribution in [3.05, 3.63) is 65.7 Å². The molecule has 0 aliphatic carbocycles. The van der Waals surface area contributed by atoms with E-state index in [2.05, 4.69) is 4.98 Å². The Bertz CT molecular complexity index is 939. The number of carboxylic acids is 1. The number of benzene rings is 1. The predicted molar refractivity (Wildman–Crippen MR) is 88.9 cm³/mol. The molecule has 0 amide bonds. The summed E-state index contributed by atoms with van der Waals surface area (Å²) < 4.78 is 39.4. The van der Waals surface area contributed by atoms with Crippen molar-refractivity contribution >= 4 is 21.6 Å². The molecular weight excluding hydrogens is 347 g/mol. The summed E-state index contributed by atoms with van der Waals surface area (Å²) in [6, 6.07) is 9.40. The van der Waals surface area contributed by atoms with E-state index < -0.39 is 21.8 Å². The number of halogens is 1. The number of nitrogens with zero attached hydrogens (tertiary/aromatic N) is 2. The molecule has 3 rings (SSSR count). The van der Waals surface area contributed by atoms with Crippen LogP contribution in [0.5, 0.6) is 0 Å². The second-order valence-electron chi connectivity index (χ2n) is 5.51. The summed E-state index contributed by atoms with van der Waals surface area (Å²) in [7, 11) is -3.70. The minimum Gasteiger partial charge on any atom is -0.477 e. The van der Waals surface area contributed by atoms with Crippen LogP contribution in [0.2, 0.25) is 0 Å². The van der Waals surface area contributed by atoms with Gasteiger partial charge in [0, 0.05) is 13.1 Å². The first-order valence-corrected chi connectivity index (χ1v) is 8.97. The van der Waals surface area contributed by atoms with E-state index in [9.17, 15) is 17.6 Å². The molecule has 0 fully saturated rings. The number of hydrogen-bond acceptors (Lipinski definition) is 4. The lowest BCUT2D eigenvalue weighted by Gasteiger charge is -2.25. The van der Waals surface area contributed by atoms with Crippen LogP contribution >= 0.6 is 0 Å². The molecule has 0 spiro atoms. The molecular formula is C17H15FN2O4S. The average Bonchev–Trinajstić information content (AvgIpc) is 2.62. The Morgan fingerprint density at radius 1 is 1.16 bits per heavy atom. The predicted octanol–water partition coefficient (Wildman–Crippen LogP) is 2.40. The van der Waals surface area contributed by atoms with Gasteiger partial charge in [0.1, 0.15) is 11.5 Å². The van der Waals surface area contributed by atoms with E-state index >= 15 is 0 Å². The normalized spacial score (nSPS) is 15.6. The van der Waals surface area contributed by atoms with Gasteiger partial charge in [0.15, 0.2) is 0 Å². The Balaban J connectivity index is 1.81. The number of carboxylic acid groups (broad SMARTS) is 1. The summed E-state index contributed by atoms with van der Waals surface area (Å²) in [5.41, 5.74) is 1.27. The Labute approximate surface area is 144 Å². The molecule has 25 heavy (non-hydrogen) atoms. The first-order chi connectivity index (χ1) is 11.9. The van der Waals surface area contributed by atoms with Crippen molar-refractivity contribution in [3.8, 4) is 0 Å². The zero-order chi connectivity index (χ0) is 18.0. The van der Waals surface area contributed by atoms with Gasteiger partial charge in [0.05, 0.1) is 10.6 Å². The van der Waals surface area contributed by atoms with E-state index in [-0.39, 0.29) is 23.7 Å². The van der Waals surface area contributed by atoms with Gasteiger partial charge in [-0.3, -0.25) is 0 Å². The van der Waals surface area contributed by atoms with Crippen LogP contribution in [0.1, 0.15) is 22.6 Å². The van der Waals surface area contributed by atoms with Crippen molar-refractivity contribution in [2.75, 3.05) is 13.1 Å². The maximum Gasteiger partial charge on any atom is 0.354 e. The number of aromatic carboxylic acids is 1. The number of carbonyl (C=O) groups is 1. The van der Waals surface area contributed by atoms with Gasteiger partial charge in [0.2, 0.25) is 10.0 Å². The van der Waals surface area contributed by atoms with Crippen molar-refractivity contribution in [1.82, 2.24) is 9.29 Å². The minimum absolute atomic E-state index is 0.0387. The van der Waals surface area contributed by atoms with Gasteiger partial charge in [-0.1, -0.05) is 12.1 Å². The number of aromatic nitrogens is 1. The third-order valence-corrected chi connectivity index (χ3v) is 5.80. The Hall–Kier alpha value is -2.58. The van der Waals surface area contributed by atoms with Crippen LogP contribution < -0.4 is 0 Å².